The van der Waals surface area contributed by atoms with E-state index in [1.807, 2.05) is 11.8 Å². The molecule has 1 heterocycles. The monoisotopic (exact) mass is 256 g/mol. The fourth-order valence-electron chi connectivity index (χ4n) is 2.62. The molecule has 1 aliphatic rings. The van der Waals surface area contributed by atoms with E-state index in [1.165, 1.54) is 0 Å². The maximum Gasteiger partial charge on any atom is 0.244 e. The zero-order chi connectivity index (χ0) is 13.9. The molecular weight excluding hydrogens is 228 g/mol. The molecule has 0 saturated carbocycles. The van der Waals surface area contributed by atoms with Gasteiger partial charge in [-0.15, -0.1) is 0 Å². The summed E-state index contributed by atoms with van der Waals surface area (Å²) < 4.78 is 5.30. The summed E-state index contributed by atoms with van der Waals surface area (Å²) in [6.07, 6.45) is 1.87. The van der Waals surface area contributed by atoms with E-state index in [2.05, 4.69) is 33.0 Å². The second-order valence-corrected chi connectivity index (χ2v) is 5.73. The topological polar surface area (TPSA) is 41.6 Å². The Morgan fingerprint density at radius 2 is 2.06 bits per heavy atom. The molecule has 3 unspecified atom stereocenters. The Hall–Kier alpha value is -0.610. The lowest BCUT2D eigenvalue weighted by atomic mass is 9.97. The fraction of sp³-hybridized carbons (Fsp3) is 0.929. The molecule has 0 radical (unpaired) electrons. The highest BCUT2D eigenvalue weighted by molar-refractivity contribution is 5.88. The molecule has 0 aromatic rings. The van der Waals surface area contributed by atoms with E-state index < -0.39 is 5.54 Å². The van der Waals surface area contributed by atoms with Gasteiger partial charge in [0.2, 0.25) is 5.91 Å². The molecule has 0 spiro atoms. The number of hydrogen-bond donors (Lipinski definition) is 1. The Morgan fingerprint density at radius 1 is 1.44 bits per heavy atom. The predicted octanol–water partition coefficient (Wildman–Crippen LogP) is 1.99. The van der Waals surface area contributed by atoms with Crippen molar-refractivity contribution in [3.05, 3.63) is 0 Å². The van der Waals surface area contributed by atoms with Crippen molar-refractivity contribution < 1.29 is 9.53 Å². The Balaban J connectivity index is 2.99. The smallest absolute Gasteiger partial charge is 0.244 e. The Morgan fingerprint density at radius 3 is 2.44 bits per heavy atom. The van der Waals surface area contributed by atoms with Crippen LogP contribution in [0.5, 0.6) is 0 Å². The van der Waals surface area contributed by atoms with Gasteiger partial charge in [0, 0.05) is 7.11 Å². The van der Waals surface area contributed by atoms with E-state index in [-0.39, 0.29) is 18.1 Å². The molecule has 0 aromatic heterocycles. The average molecular weight is 256 g/mol. The molecule has 106 valence electrons. The number of ether oxygens (including phenoxy) is 1. The van der Waals surface area contributed by atoms with Crippen molar-refractivity contribution in [2.24, 2.45) is 5.92 Å². The zero-order valence-electron chi connectivity index (χ0n) is 12.6. The minimum absolute atomic E-state index is 0.130. The van der Waals surface area contributed by atoms with Gasteiger partial charge in [0.15, 0.2) is 0 Å². The highest BCUT2D eigenvalue weighted by Gasteiger charge is 2.48. The molecule has 0 aliphatic carbocycles. The van der Waals surface area contributed by atoms with Gasteiger partial charge in [0.1, 0.15) is 0 Å². The van der Waals surface area contributed by atoms with Crippen molar-refractivity contribution in [1.82, 2.24) is 10.2 Å². The Kier molecular flexibility index (Phi) is 5.17. The van der Waals surface area contributed by atoms with Crippen LogP contribution in [0.4, 0.5) is 0 Å². The summed E-state index contributed by atoms with van der Waals surface area (Å²) in [6, 6.07) is 0.147. The van der Waals surface area contributed by atoms with Crippen LogP contribution >= 0.6 is 0 Å². The van der Waals surface area contributed by atoms with Crippen LogP contribution < -0.4 is 5.32 Å². The fourth-order valence-corrected chi connectivity index (χ4v) is 2.62. The lowest BCUT2D eigenvalue weighted by molar-refractivity contribution is -0.137. The highest BCUT2D eigenvalue weighted by Crippen LogP contribution is 2.29. The first kappa shape index (κ1) is 15.4. The first-order valence-corrected chi connectivity index (χ1v) is 7.00. The van der Waals surface area contributed by atoms with Gasteiger partial charge in [0.05, 0.1) is 24.4 Å². The number of nitrogens with zero attached hydrogens (tertiary/aromatic N) is 1. The molecule has 1 fully saturated rings. The summed E-state index contributed by atoms with van der Waals surface area (Å²) in [7, 11) is 1.70. The van der Waals surface area contributed by atoms with E-state index >= 15 is 0 Å². The molecule has 4 heteroatoms. The van der Waals surface area contributed by atoms with Gasteiger partial charge in [-0.3, -0.25) is 10.1 Å². The minimum atomic E-state index is -0.415. The van der Waals surface area contributed by atoms with Crippen LogP contribution in [0, 0.1) is 5.92 Å². The molecule has 4 nitrogen and oxygen atoms in total. The highest BCUT2D eigenvalue weighted by atomic mass is 16.5. The van der Waals surface area contributed by atoms with Gasteiger partial charge >= 0.3 is 0 Å². The summed E-state index contributed by atoms with van der Waals surface area (Å²) >= 11 is 0. The molecule has 0 aromatic carbocycles. The summed E-state index contributed by atoms with van der Waals surface area (Å²) in [5.74, 6) is 0.608. The van der Waals surface area contributed by atoms with Crippen molar-refractivity contribution >= 4 is 5.91 Å². The number of hydrogen-bond acceptors (Lipinski definition) is 3. The molecular formula is C14H28N2O2. The van der Waals surface area contributed by atoms with Crippen LogP contribution in [0.2, 0.25) is 0 Å². The molecule has 1 saturated heterocycles. The lowest BCUT2D eigenvalue weighted by Gasteiger charge is -2.34. The van der Waals surface area contributed by atoms with Crippen LogP contribution in [0.25, 0.3) is 0 Å². The third-order valence-corrected chi connectivity index (χ3v) is 4.09. The Labute approximate surface area is 111 Å². The SMILES string of the molecule is CCC1NC(C)(CC)C(=O)N1C(COC)C(C)C. The van der Waals surface area contributed by atoms with E-state index in [4.69, 9.17) is 4.74 Å². The minimum Gasteiger partial charge on any atom is -0.383 e. The third kappa shape index (κ3) is 2.69. The second-order valence-electron chi connectivity index (χ2n) is 5.73. The van der Waals surface area contributed by atoms with Crippen LogP contribution in [-0.4, -0.2) is 42.3 Å². The van der Waals surface area contributed by atoms with E-state index in [0.717, 1.165) is 12.8 Å². The molecule has 0 bridgehead atoms. The van der Waals surface area contributed by atoms with Crippen molar-refractivity contribution in [2.75, 3.05) is 13.7 Å². The van der Waals surface area contributed by atoms with Crippen LogP contribution in [0.3, 0.4) is 0 Å². The number of carbonyl (C=O) groups excluding carboxylic acids is 1. The number of amides is 1. The van der Waals surface area contributed by atoms with Crippen LogP contribution in [0.1, 0.15) is 47.5 Å². The predicted molar refractivity (Wildman–Crippen MR) is 73.3 cm³/mol. The molecule has 18 heavy (non-hydrogen) atoms. The first-order chi connectivity index (χ1) is 8.41. The lowest BCUT2D eigenvalue weighted by Crippen LogP contribution is -2.49. The average Bonchev–Trinajstić information content (AvgIpc) is 2.59. The van der Waals surface area contributed by atoms with E-state index in [0.29, 0.717) is 12.5 Å². The number of nitrogens with one attached hydrogen (secondary N) is 1. The second kappa shape index (κ2) is 6.02. The molecule has 1 rings (SSSR count). The summed E-state index contributed by atoms with van der Waals surface area (Å²) in [5.41, 5.74) is -0.415. The quantitative estimate of drug-likeness (QED) is 0.790. The number of carbonyl (C=O) groups is 1. The molecule has 1 amide bonds. The van der Waals surface area contributed by atoms with E-state index in [1.54, 1.807) is 7.11 Å². The number of methoxy groups -OCH3 is 1. The first-order valence-electron chi connectivity index (χ1n) is 7.00. The van der Waals surface area contributed by atoms with Gasteiger partial charge in [-0.2, -0.15) is 0 Å². The van der Waals surface area contributed by atoms with E-state index in [9.17, 15) is 4.79 Å². The van der Waals surface area contributed by atoms with Gasteiger partial charge in [-0.1, -0.05) is 27.7 Å². The summed E-state index contributed by atoms with van der Waals surface area (Å²) in [5, 5.41) is 3.48. The maximum absolute atomic E-state index is 12.7. The van der Waals surface area contributed by atoms with Gasteiger partial charge in [0.25, 0.3) is 0 Å². The van der Waals surface area contributed by atoms with Gasteiger partial charge in [-0.05, 0) is 25.7 Å². The largest absolute Gasteiger partial charge is 0.383 e. The maximum atomic E-state index is 12.7. The van der Waals surface area contributed by atoms with Crippen LogP contribution in [-0.2, 0) is 9.53 Å². The zero-order valence-corrected chi connectivity index (χ0v) is 12.6. The number of rotatable bonds is 6. The summed E-state index contributed by atoms with van der Waals surface area (Å²) in [4.78, 5) is 14.7. The summed E-state index contributed by atoms with van der Waals surface area (Å²) in [6.45, 7) is 11.1. The normalized spacial score (nSPS) is 30.3. The van der Waals surface area contributed by atoms with Crippen molar-refractivity contribution in [1.29, 1.82) is 0 Å². The van der Waals surface area contributed by atoms with Crippen molar-refractivity contribution in [2.45, 2.75) is 65.2 Å². The molecule has 1 aliphatic heterocycles. The standard InChI is InChI=1S/C14H28N2O2/c1-7-12-15-14(5,8-2)13(17)16(12)11(9-18-6)10(3)4/h10-12,15H,7-9H2,1-6H3. The molecule has 3 atom stereocenters. The third-order valence-electron chi connectivity index (χ3n) is 4.09. The van der Waals surface area contributed by atoms with Gasteiger partial charge in [-0.25, -0.2) is 0 Å². The van der Waals surface area contributed by atoms with Crippen LogP contribution in [0.15, 0.2) is 0 Å². The van der Waals surface area contributed by atoms with Crippen molar-refractivity contribution in [3.8, 4) is 0 Å². The Bertz CT molecular complexity index is 294. The van der Waals surface area contributed by atoms with Gasteiger partial charge < -0.3 is 9.64 Å². The molecule has 1 N–H and O–H groups in total. The van der Waals surface area contributed by atoms with Crippen molar-refractivity contribution in [3.63, 3.8) is 0 Å².